The molecule has 0 unspecified atom stereocenters. The van der Waals surface area contributed by atoms with E-state index in [1.165, 1.54) is 25.3 Å². The number of nitrogens with one attached hydrogen (secondary N) is 1. The number of esters is 1. The Morgan fingerprint density at radius 1 is 1.26 bits per heavy atom. The molecule has 23 heavy (non-hydrogen) atoms. The predicted molar refractivity (Wildman–Crippen MR) is 87.0 cm³/mol. The number of nitrogens with two attached hydrogens (primary N) is 1. The molecule has 0 spiro atoms. The quantitative estimate of drug-likeness (QED) is 0.750. The third-order valence-corrected chi connectivity index (χ3v) is 4.18. The first kappa shape index (κ1) is 19.1. The van der Waals surface area contributed by atoms with Gasteiger partial charge in [0.2, 0.25) is 5.91 Å². The Hall–Kier alpha value is -1.93. The van der Waals surface area contributed by atoms with Crippen LogP contribution in [0.25, 0.3) is 0 Å². The summed E-state index contributed by atoms with van der Waals surface area (Å²) in [6, 6.07) is 3.10. The van der Waals surface area contributed by atoms with Crippen molar-refractivity contribution in [1.82, 2.24) is 0 Å². The predicted octanol–water partition coefficient (Wildman–Crippen LogP) is 1.19. The molecule has 0 aliphatic rings. The fraction of sp³-hybridized carbons (Fsp3) is 0.467. The SMILES string of the molecule is COC(=O)c1cc(NC(=O)[C@@H](N)CC(C)C)cc(S(C)(=O)=O)c1. The van der Waals surface area contributed by atoms with Crippen LogP contribution in [0.15, 0.2) is 23.1 Å². The lowest BCUT2D eigenvalue weighted by atomic mass is 10.0. The summed E-state index contributed by atoms with van der Waals surface area (Å²) in [6.45, 7) is 3.87. The Balaban J connectivity index is 3.15. The monoisotopic (exact) mass is 342 g/mol. The van der Waals surface area contributed by atoms with Crippen molar-refractivity contribution in [3.8, 4) is 0 Å². The van der Waals surface area contributed by atoms with Crippen molar-refractivity contribution in [1.29, 1.82) is 0 Å². The zero-order valence-corrected chi connectivity index (χ0v) is 14.4. The lowest BCUT2D eigenvalue weighted by molar-refractivity contribution is -0.117. The van der Waals surface area contributed by atoms with Crippen LogP contribution >= 0.6 is 0 Å². The molecule has 7 nitrogen and oxygen atoms in total. The number of methoxy groups -OCH3 is 1. The minimum absolute atomic E-state index is 0.0307. The van der Waals surface area contributed by atoms with E-state index < -0.39 is 27.8 Å². The molecule has 1 rings (SSSR count). The van der Waals surface area contributed by atoms with Crippen LogP contribution in [0.2, 0.25) is 0 Å². The summed E-state index contributed by atoms with van der Waals surface area (Å²) in [5.41, 5.74) is 6.00. The average molecular weight is 342 g/mol. The largest absolute Gasteiger partial charge is 0.465 e. The van der Waals surface area contributed by atoms with E-state index in [0.717, 1.165) is 6.26 Å². The Kier molecular flexibility index (Phi) is 6.28. The second kappa shape index (κ2) is 7.56. The van der Waals surface area contributed by atoms with Crippen molar-refractivity contribution in [2.45, 2.75) is 31.2 Å². The molecule has 8 heteroatoms. The van der Waals surface area contributed by atoms with E-state index in [0.29, 0.717) is 6.42 Å². The molecule has 0 saturated carbocycles. The van der Waals surface area contributed by atoms with Gasteiger partial charge in [-0.25, -0.2) is 13.2 Å². The molecular weight excluding hydrogens is 320 g/mol. The summed E-state index contributed by atoms with van der Waals surface area (Å²) < 4.78 is 28.0. The van der Waals surface area contributed by atoms with Gasteiger partial charge in [-0.15, -0.1) is 0 Å². The third kappa shape index (κ3) is 5.65. The Morgan fingerprint density at radius 2 is 1.87 bits per heavy atom. The van der Waals surface area contributed by atoms with Crippen LogP contribution in [-0.4, -0.2) is 39.7 Å². The molecule has 0 aliphatic heterocycles. The van der Waals surface area contributed by atoms with Gasteiger partial charge in [0.05, 0.1) is 23.6 Å². The number of sulfone groups is 1. The zero-order chi connectivity index (χ0) is 17.8. The van der Waals surface area contributed by atoms with Gasteiger partial charge in [-0.05, 0) is 30.5 Å². The fourth-order valence-corrected chi connectivity index (χ4v) is 2.65. The van der Waals surface area contributed by atoms with Gasteiger partial charge in [0, 0.05) is 11.9 Å². The highest BCUT2D eigenvalue weighted by Crippen LogP contribution is 2.20. The van der Waals surface area contributed by atoms with Gasteiger partial charge in [-0.1, -0.05) is 13.8 Å². The summed E-state index contributed by atoms with van der Waals surface area (Å²) in [4.78, 5) is 23.6. The molecular formula is C15H22N2O5S. The van der Waals surface area contributed by atoms with Crippen LogP contribution in [-0.2, 0) is 19.4 Å². The lowest BCUT2D eigenvalue weighted by Gasteiger charge is -2.15. The van der Waals surface area contributed by atoms with Gasteiger partial charge >= 0.3 is 5.97 Å². The van der Waals surface area contributed by atoms with Crippen LogP contribution in [0.3, 0.4) is 0 Å². The smallest absolute Gasteiger partial charge is 0.337 e. The Labute approximate surface area is 136 Å². The number of carbonyl (C=O) groups is 2. The van der Waals surface area contributed by atoms with Crippen molar-refractivity contribution in [3.63, 3.8) is 0 Å². The van der Waals surface area contributed by atoms with Crippen LogP contribution in [0.4, 0.5) is 5.69 Å². The highest BCUT2D eigenvalue weighted by molar-refractivity contribution is 7.90. The van der Waals surface area contributed by atoms with E-state index in [2.05, 4.69) is 10.1 Å². The summed E-state index contributed by atoms with van der Waals surface area (Å²) in [7, 11) is -2.37. The molecule has 0 heterocycles. The summed E-state index contributed by atoms with van der Waals surface area (Å²) in [5.74, 6) is -0.902. The second-order valence-electron chi connectivity index (χ2n) is 5.74. The van der Waals surface area contributed by atoms with Crippen molar-refractivity contribution < 1.29 is 22.7 Å². The van der Waals surface area contributed by atoms with Gasteiger partial charge in [-0.3, -0.25) is 4.79 Å². The maximum Gasteiger partial charge on any atom is 0.337 e. The van der Waals surface area contributed by atoms with Crippen molar-refractivity contribution in [2.75, 3.05) is 18.7 Å². The summed E-state index contributed by atoms with van der Waals surface area (Å²) in [5, 5.41) is 2.54. The molecule has 0 bridgehead atoms. The molecule has 1 aromatic carbocycles. The number of carbonyl (C=O) groups excluding carboxylic acids is 2. The maximum absolute atomic E-state index is 12.1. The van der Waals surface area contributed by atoms with E-state index in [1.54, 1.807) is 0 Å². The molecule has 1 atom stereocenters. The zero-order valence-electron chi connectivity index (χ0n) is 13.6. The van der Waals surface area contributed by atoms with Gasteiger partial charge in [0.1, 0.15) is 0 Å². The minimum Gasteiger partial charge on any atom is -0.465 e. The summed E-state index contributed by atoms with van der Waals surface area (Å²) in [6.07, 6.45) is 1.50. The number of ether oxygens (including phenoxy) is 1. The van der Waals surface area contributed by atoms with Crippen LogP contribution in [0.5, 0.6) is 0 Å². The van der Waals surface area contributed by atoms with Crippen LogP contribution < -0.4 is 11.1 Å². The van der Waals surface area contributed by atoms with Crippen molar-refractivity contribution in [2.24, 2.45) is 11.7 Å². The van der Waals surface area contributed by atoms with Gasteiger partial charge in [-0.2, -0.15) is 0 Å². The molecule has 1 aromatic rings. The van der Waals surface area contributed by atoms with Gasteiger partial charge in [0.15, 0.2) is 9.84 Å². The molecule has 3 N–H and O–H groups in total. The fourth-order valence-electron chi connectivity index (χ4n) is 1.97. The molecule has 0 fully saturated rings. The molecule has 1 amide bonds. The average Bonchev–Trinajstić information content (AvgIpc) is 2.44. The van der Waals surface area contributed by atoms with E-state index >= 15 is 0 Å². The number of benzene rings is 1. The Morgan fingerprint density at radius 3 is 2.35 bits per heavy atom. The lowest BCUT2D eigenvalue weighted by Crippen LogP contribution is -2.36. The molecule has 0 radical (unpaired) electrons. The first-order valence-corrected chi connectivity index (χ1v) is 8.93. The first-order chi connectivity index (χ1) is 10.5. The summed E-state index contributed by atoms with van der Waals surface area (Å²) >= 11 is 0. The molecule has 0 aliphatic carbocycles. The maximum atomic E-state index is 12.1. The number of anilines is 1. The van der Waals surface area contributed by atoms with E-state index in [4.69, 9.17) is 5.73 Å². The number of amides is 1. The topological polar surface area (TPSA) is 116 Å². The number of hydrogen-bond acceptors (Lipinski definition) is 6. The van der Waals surface area contributed by atoms with E-state index in [-0.39, 0.29) is 22.1 Å². The van der Waals surface area contributed by atoms with Crippen molar-refractivity contribution >= 4 is 27.4 Å². The third-order valence-electron chi connectivity index (χ3n) is 3.09. The Bertz CT molecular complexity index is 698. The minimum atomic E-state index is -3.55. The molecule has 128 valence electrons. The number of rotatable bonds is 6. The van der Waals surface area contributed by atoms with Gasteiger partial charge < -0.3 is 15.8 Å². The van der Waals surface area contributed by atoms with Gasteiger partial charge in [0.25, 0.3) is 0 Å². The standard InChI is InChI=1S/C15H22N2O5S/c1-9(2)5-13(16)14(18)17-11-6-10(15(19)22-3)7-12(8-11)23(4,20)21/h6-9,13H,5,16H2,1-4H3,(H,17,18)/t13-/m0/s1. The second-order valence-corrected chi connectivity index (χ2v) is 7.75. The van der Waals surface area contributed by atoms with E-state index in [9.17, 15) is 18.0 Å². The number of hydrogen-bond donors (Lipinski definition) is 2. The van der Waals surface area contributed by atoms with Crippen LogP contribution in [0, 0.1) is 5.92 Å². The molecule has 0 aromatic heterocycles. The van der Waals surface area contributed by atoms with E-state index in [1.807, 2.05) is 13.8 Å². The highest BCUT2D eigenvalue weighted by Gasteiger charge is 2.18. The van der Waals surface area contributed by atoms with Crippen LogP contribution in [0.1, 0.15) is 30.6 Å². The molecule has 0 saturated heterocycles. The highest BCUT2D eigenvalue weighted by atomic mass is 32.2. The normalized spacial score (nSPS) is 12.8. The van der Waals surface area contributed by atoms with Crippen molar-refractivity contribution in [3.05, 3.63) is 23.8 Å². The first-order valence-electron chi connectivity index (χ1n) is 7.04.